The summed E-state index contributed by atoms with van der Waals surface area (Å²) in [6.07, 6.45) is 0. The number of halogens is 1. The highest BCUT2D eigenvalue weighted by Gasteiger charge is 2.14. The molecule has 0 unspecified atom stereocenters. The van der Waals surface area contributed by atoms with E-state index >= 15 is 0 Å². The maximum absolute atomic E-state index is 10.6. The molecule has 0 aliphatic heterocycles. The van der Waals surface area contributed by atoms with Crippen molar-refractivity contribution in [3.63, 3.8) is 0 Å². The normalized spacial score (nSPS) is 11.6. The summed E-state index contributed by atoms with van der Waals surface area (Å²) in [5, 5.41) is 20.3. The molecule has 5 nitrogen and oxygen atoms in total. The van der Waals surface area contributed by atoms with Gasteiger partial charge in [0.15, 0.2) is 0 Å². The van der Waals surface area contributed by atoms with E-state index in [4.69, 9.17) is 22.0 Å². The fourth-order valence-electron chi connectivity index (χ4n) is 1.06. The van der Waals surface area contributed by atoms with E-state index in [1.807, 2.05) is 6.07 Å². The largest absolute Gasteiger partial charge is 0.480 e. The lowest BCUT2D eigenvalue weighted by atomic mass is 10.2. The minimum atomic E-state index is -1.00. The van der Waals surface area contributed by atoms with Gasteiger partial charge in [-0.3, -0.25) is 4.79 Å². The van der Waals surface area contributed by atoms with Gasteiger partial charge in [-0.2, -0.15) is 5.26 Å². The average Bonchev–Trinajstić information content (AvgIpc) is 2.22. The van der Waals surface area contributed by atoms with Crippen LogP contribution in [0, 0.1) is 18.3 Å². The average molecular weight is 240 g/mol. The molecule has 0 aromatic carbocycles. The maximum Gasteiger partial charge on any atom is 0.325 e. The zero-order valence-corrected chi connectivity index (χ0v) is 9.54. The van der Waals surface area contributed by atoms with Crippen LogP contribution in [0.1, 0.15) is 18.2 Å². The zero-order valence-electron chi connectivity index (χ0n) is 8.78. The van der Waals surface area contributed by atoms with Crippen molar-refractivity contribution in [2.75, 3.05) is 5.32 Å². The molecule has 1 rings (SSSR count). The number of aryl methyl sites for hydroxylation is 1. The Labute approximate surface area is 97.7 Å². The van der Waals surface area contributed by atoms with Crippen LogP contribution in [0.3, 0.4) is 0 Å². The number of nitriles is 1. The molecule has 1 aromatic heterocycles. The van der Waals surface area contributed by atoms with Gasteiger partial charge in [0.05, 0.1) is 16.3 Å². The monoisotopic (exact) mass is 239 g/mol. The zero-order chi connectivity index (χ0) is 12.3. The van der Waals surface area contributed by atoms with Crippen molar-refractivity contribution in [3.05, 3.63) is 22.3 Å². The highest BCUT2D eigenvalue weighted by Crippen LogP contribution is 2.22. The Bertz CT molecular complexity index is 468. The topological polar surface area (TPSA) is 86.0 Å². The van der Waals surface area contributed by atoms with Crippen molar-refractivity contribution in [2.24, 2.45) is 0 Å². The highest BCUT2D eigenvalue weighted by atomic mass is 35.5. The Kier molecular flexibility index (Phi) is 3.69. The molecule has 1 atom stereocenters. The van der Waals surface area contributed by atoms with E-state index in [1.165, 1.54) is 13.0 Å². The second-order valence-corrected chi connectivity index (χ2v) is 3.68. The number of aromatic nitrogens is 1. The number of aliphatic carboxylic acids is 1. The summed E-state index contributed by atoms with van der Waals surface area (Å²) < 4.78 is 0. The quantitative estimate of drug-likeness (QED) is 0.840. The fourth-order valence-corrected chi connectivity index (χ4v) is 1.27. The van der Waals surface area contributed by atoms with Crippen molar-refractivity contribution in [2.45, 2.75) is 19.9 Å². The Balaban J connectivity index is 3.03. The molecular weight excluding hydrogens is 230 g/mol. The Morgan fingerprint density at radius 3 is 2.88 bits per heavy atom. The molecule has 0 amide bonds. The minimum absolute atomic E-state index is 0.232. The summed E-state index contributed by atoms with van der Waals surface area (Å²) >= 11 is 5.86. The molecule has 1 aromatic rings. The molecule has 0 saturated carbocycles. The predicted octanol–water partition coefficient (Wildman–Crippen LogP) is 1.80. The summed E-state index contributed by atoms with van der Waals surface area (Å²) in [7, 11) is 0. The van der Waals surface area contributed by atoms with Gasteiger partial charge in [-0.15, -0.1) is 0 Å². The van der Waals surface area contributed by atoms with Crippen molar-refractivity contribution in [1.82, 2.24) is 4.98 Å². The summed E-state index contributed by atoms with van der Waals surface area (Å²) in [5.41, 5.74) is 0.880. The van der Waals surface area contributed by atoms with Gasteiger partial charge in [0.1, 0.15) is 17.9 Å². The second-order valence-electron chi connectivity index (χ2n) is 3.27. The van der Waals surface area contributed by atoms with Gasteiger partial charge in [-0.05, 0) is 19.9 Å². The van der Waals surface area contributed by atoms with Crippen LogP contribution in [-0.2, 0) is 4.79 Å². The number of hydrogen-bond acceptors (Lipinski definition) is 4. The Hall–Kier alpha value is -1.80. The summed E-state index contributed by atoms with van der Waals surface area (Å²) in [6, 6.07) is 2.61. The summed E-state index contributed by atoms with van der Waals surface area (Å²) in [5.74, 6) is -0.729. The SMILES string of the molecule is Cc1nc(N[C@H](C)C(=O)O)c(Cl)cc1C#N. The van der Waals surface area contributed by atoms with Gasteiger partial charge < -0.3 is 10.4 Å². The third-order valence-electron chi connectivity index (χ3n) is 2.01. The van der Waals surface area contributed by atoms with Crippen LogP contribution in [0.5, 0.6) is 0 Å². The van der Waals surface area contributed by atoms with Gasteiger partial charge in [0.25, 0.3) is 0 Å². The number of anilines is 1. The van der Waals surface area contributed by atoms with Gasteiger partial charge in [0.2, 0.25) is 0 Å². The van der Waals surface area contributed by atoms with Gasteiger partial charge >= 0.3 is 5.97 Å². The smallest absolute Gasteiger partial charge is 0.325 e. The lowest BCUT2D eigenvalue weighted by molar-refractivity contribution is -0.137. The van der Waals surface area contributed by atoms with E-state index in [1.54, 1.807) is 6.92 Å². The van der Waals surface area contributed by atoms with Gasteiger partial charge in [-0.1, -0.05) is 11.6 Å². The van der Waals surface area contributed by atoms with Crippen LogP contribution in [0.25, 0.3) is 0 Å². The van der Waals surface area contributed by atoms with Crippen molar-refractivity contribution in [3.8, 4) is 6.07 Å². The first-order valence-electron chi connectivity index (χ1n) is 4.52. The molecule has 84 valence electrons. The third kappa shape index (κ3) is 2.61. The molecule has 0 saturated heterocycles. The lowest BCUT2D eigenvalue weighted by Gasteiger charge is -2.12. The predicted molar refractivity (Wildman–Crippen MR) is 59.4 cm³/mol. The second kappa shape index (κ2) is 4.81. The molecule has 1 heterocycles. The number of carboxylic acid groups (broad SMARTS) is 1. The molecule has 0 aliphatic carbocycles. The number of carboxylic acids is 1. The molecule has 16 heavy (non-hydrogen) atoms. The summed E-state index contributed by atoms with van der Waals surface area (Å²) in [4.78, 5) is 14.7. The number of hydrogen-bond donors (Lipinski definition) is 2. The van der Waals surface area contributed by atoms with Crippen LogP contribution in [0.2, 0.25) is 5.02 Å². The van der Waals surface area contributed by atoms with Gasteiger partial charge in [-0.25, -0.2) is 4.98 Å². The van der Waals surface area contributed by atoms with Crippen LogP contribution in [0.15, 0.2) is 6.07 Å². The van der Waals surface area contributed by atoms with Crippen molar-refractivity contribution < 1.29 is 9.90 Å². The molecule has 0 spiro atoms. The molecular formula is C10H10ClN3O2. The first-order valence-corrected chi connectivity index (χ1v) is 4.90. The lowest BCUT2D eigenvalue weighted by Crippen LogP contribution is -2.26. The van der Waals surface area contributed by atoms with Crippen molar-refractivity contribution >= 4 is 23.4 Å². The van der Waals surface area contributed by atoms with Crippen LogP contribution in [0.4, 0.5) is 5.82 Å². The first-order chi connectivity index (χ1) is 7.45. The minimum Gasteiger partial charge on any atom is -0.480 e. The molecule has 0 radical (unpaired) electrons. The van der Waals surface area contributed by atoms with Crippen molar-refractivity contribution in [1.29, 1.82) is 5.26 Å². The number of carbonyl (C=O) groups is 1. The standard InChI is InChI=1S/C10H10ClN3O2/c1-5-7(4-12)3-8(11)9(13-5)14-6(2)10(15)16/h3,6H,1-2H3,(H,13,14)(H,15,16)/t6-/m1/s1. The third-order valence-corrected chi connectivity index (χ3v) is 2.30. The fraction of sp³-hybridized carbons (Fsp3) is 0.300. The van der Waals surface area contributed by atoms with Gasteiger partial charge in [0, 0.05) is 0 Å². The molecule has 0 aliphatic rings. The van der Waals surface area contributed by atoms with E-state index in [0.717, 1.165) is 0 Å². The van der Waals surface area contributed by atoms with E-state index in [-0.39, 0.29) is 10.8 Å². The van der Waals surface area contributed by atoms with E-state index < -0.39 is 12.0 Å². The Morgan fingerprint density at radius 2 is 2.38 bits per heavy atom. The Morgan fingerprint density at radius 1 is 1.75 bits per heavy atom. The van der Waals surface area contributed by atoms with Crippen LogP contribution in [-0.4, -0.2) is 22.1 Å². The number of rotatable bonds is 3. The van der Waals surface area contributed by atoms with E-state index in [9.17, 15) is 4.79 Å². The number of pyridine rings is 1. The number of nitrogens with one attached hydrogen (secondary N) is 1. The molecule has 6 heteroatoms. The van der Waals surface area contributed by atoms with E-state index in [0.29, 0.717) is 11.3 Å². The van der Waals surface area contributed by atoms with Crippen LogP contribution >= 0.6 is 11.6 Å². The van der Waals surface area contributed by atoms with E-state index in [2.05, 4.69) is 10.3 Å². The first kappa shape index (κ1) is 12.3. The number of nitrogens with zero attached hydrogens (tertiary/aromatic N) is 2. The van der Waals surface area contributed by atoms with Crippen LogP contribution < -0.4 is 5.32 Å². The molecule has 0 fully saturated rings. The maximum atomic E-state index is 10.6. The molecule has 0 bridgehead atoms. The highest BCUT2D eigenvalue weighted by molar-refractivity contribution is 6.33. The molecule has 2 N–H and O–H groups in total. The summed E-state index contributed by atoms with van der Waals surface area (Å²) in [6.45, 7) is 3.14.